The average molecular weight is 251 g/mol. The predicted molar refractivity (Wildman–Crippen MR) is 68.0 cm³/mol. The normalized spacial score (nSPS) is 12.6. The lowest BCUT2D eigenvalue weighted by molar-refractivity contribution is 0.158. The summed E-state index contributed by atoms with van der Waals surface area (Å²) < 4.78 is 1.96. The monoisotopic (exact) mass is 250 g/mol. The Kier molecular flexibility index (Phi) is 4.18. The molecule has 3 nitrogen and oxygen atoms in total. The van der Waals surface area contributed by atoms with Crippen LogP contribution in [0.25, 0.3) is 0 Å². The molecule has 1 unspecified atom stereocenters. The van der Waals surface area contributed by atoms with Crippen molar-refractivity contribution in [3.8, 4) is 0 Å². The second-order valence-corrected chi connectivity index (χ2v) is 4.51. The van der Waals surface area contributed by atoms with Gasteiger partial charge in [-0.1, -0.05) is 23.7 Å². The van der Waals surface area contributed by atoms with Gasteiger partial charge in [-0.3, -0.25) is 0 Å². The van der Waals surface area contributed by atoms with E-state index in [1.165, 1.54) is 0 Å². The first-order chi connectivity index (χ1) is 8.24. The van der Waals surface area contributed by atoms with E-state index in [4.69, 9.17) is 11.6 Å². The van der Waals surface area contributed by atoms with Crippen molar-refractivity contribution in [1.82, 2.24) is 9.55 Å². The number of aliphatic hydroxyl groups is 1. The van der Waals surface area contributed by atoms with Crippen molar-refractivity contribution in [1.29, 1.82) is 0 Å². The molecule has 0 amide bonds. The van der Waals surface area contributed by atoms with E-state index in [1.54, 1.807) is 12.5 Å². The third-order valence-electron chi connectivity index (χ3n) is 2.66. The van der Waals surface area contributed by atoms with E-state index in [9.17, 15) is 5.11 Å². The van der Waals surface area contributed by atoms with E-state index in [0.29, 0.717) is 6.42 Å². The summed E-state index contributed by atoms with van der Waals surface area (Å²) >= 11 is 5.80. The fourth-order valence-corrected chi connectivity index (χ4v) is 1.84. The number of imidazole rings is 1. The fraction of sp³-hybridized carbons (Fsp3) is 0.308. The Morgan fingerprint density at radius 1 is 1.29 bits per heavy atom. The molecule has 0 saturated carbocycles. The lowest BCUT2D eigenvalue weighted by Crippen LogP contribution is -2.13. The molecular weight excluding hydrogens is 236 g/mol. The number of hydrogen-bond acceptors (Lipinski definition) is 2. The molecule has 1 heterocycles. The lowest BCUT2D eigenvalue weighted by atomic mass is 10.1. The molecule has 0 aliphatic heterocycles. The van der Waals surface area contributed by atoms with Crippen LogP contribution in [-0.2, 0) is 13.0 Å². The number of aromatic nitrogens is 2. The third-order valence-corrected chi connectivity index (χ3v) is 2.92. The molecule has 0 spiro atoms. The second kappa shape index (κ2) is 5.84. The zero-order valence-corrected chi connectivity index (χ0v) is 10.2. The maximum atomic E-state index is 9.90. The number of rotatable bonds is 5. The van der Waals surface area contributed by atoms with Crippen molar-refractivity contribution in [3.63, 3.8) is 0 Å². The Morgan fingerprint density at radius 3 is 2.71 bits per heavy atom. The number of nitrogens with zero attached hydrogens (tertiary/aromatic N) is 2. The predicted octanol–water partition coefficient (Wildman–Crippen LogP) is 2.53. The van der Waals surface area contributed by atoms with Crippen LogP contribution in [0.5, 0.6) is 0 Å². The van der Waals surface area contributed by atoms with Crippen LogP contribution < -0.4 is 0 Å². The molecule has 1 N–H and O–H groups in total. The third kappa shape index (κ3) is 3.88. The highest BCUT2D eigenvalue weighted by molar-refractivity contribution is 6.30. The quantitative estimate of drug-likeness (QED) is 0.886. The molecule has 4 heteroatoms. The van der Waals surface area contributed by atoms with Gasteiger partial charge in [0, 0.05) is 24.0 Å². The van der Waals surface area contributed by atoms with E-state index in [-0.39, 0.29) is 6.10 Å². The molecule has 17 heavy (non-hydrogen) atoms. The summed E-state index contributed by atoms with van der Waals surface area (Å²) in [7, 11) is 0. The minimum atomic E-state index is -0.335. The van der Waals surface area contributed by atoms with Gasteiger partial charge >= 0.3 is 0 Å². The Morgan fingerprint density at radius 2 is 2.06 bits per heavy atom. The Bertz CT molecular complexity index is 439. The number of aliphatic hydroxyl groups excluding tert-OH is 1. The van der Waals surface area contributed by atoms with Gasteiger partial charge in [0.25, 0.3) is 0 Å². The number of halogens is 1. The summed E-state index contributed by atoms with van der Waals surface area (Å²) in [5.74, 6) is 0. The summed E-state index contributed by atoms with van der Waals surface area (Å²) in [5, 5.41) is 10.6. The molecule has 1 aromatic carbocycles. The minimum Gasteiger partial charge on any atom is -0.393 e. The molecule has 0 bridgehead atoms. The zero-order valence-electron chi connectivity index (χ0n) is 9.46. The molecule has 2 rings (SSSR count). The first kappa shape index (κ1) is 12.1. The SMILES string of the molecule is OC(CCn1ccnc1)Cc1ccc(Cl)cc1. The maximum Gasteiger partial charge on any atom is 0.0945 e. The fourth-order valence-electron chi connectivity index (χ4n) is 1.71. The molecule has 90 valence electrons. The first-order valence-corrected chi connectivity index (χ1v) is 6.00. The maximum absolute atomic E-state index is 9.90. The van der Waals surface area contributed by atoms with Crippen LogP contribution in [-0.4, -0.2) is 20.8 Å². The summed E-state index contributed by atoms with van der Waals surface area (Å²) in [6, 6.07) is 7.59. The van der Waals surface area contributed by atoms with E-state index < -0.39 is 0 Å². The van der Waals surface area contributed by atoms with Crippen LogP contribution in [0.4, 0.5) is 0 Å². The zero-order chi connectivity index (χ0) is 12.1. The molecule has 0 aliphatic carbocycles. The van der Waals surface area contributed by atoms with Crippen LogP contribution in [0.3, 0.4) is 0 Å². The molecule has 1 aromatic heterocycles. The van der Waals surface area contributed by atoms with E-state index >= 15 is 0 Å². The first-order valence-electron chi connectivity index (χ1n) is 5.62. The summed E-state index contributed by atoms with van der Waals surface area (Å²) in [5.41, 5.74) is 1.10. The lowest BCUT2D eigenvalue weighted by Gasteiger charge is -2.11. The smallest absolute Gasteiger partial charge is 0.0945 e. The number of hydrogen-bond donors (Lipinski definition) is 1. The summed E-state index contributed by atoms with van der Waals surface area (Å²) in [6.45, 7) is 0.786. The largest absolute Gasteiger partial charge is 0.393 e. The van der Waals surface area contributed by atoms with Crippen molar-refractivity contribution in [2.45, 2.75) is 25.5 Å². The molecule has 0 fully saturated rings. The Labute approximate surface area is 106 Å². The topological polar surface area (TPSA) is 38.0 Å². The van der Waals surface area contributed by atoms with Gasteiger partial charge in [-0.05, 0) is 30.5 Å². The van der Waals surface area contributed by atoms with Gasteiger partial charge in [0.2, 0.25) is 0 Å². The van der Waals surface area contributed by atoms with Crippen LogP contribution in [0.1, 0.15) is 12.0 Å². The average Bonchev–Trinajstić information content (AvgIpc) is 2.83. The van der Waals surface area contributed by atoms with Gasteiger partial charge in [0.15, 0.2) is 0 Å². The van der Waals surface area contributed by atoms with Crippen molar-refractivity contribution in [2.24, 2.45) is 0 Å². The van der Waals surface area contributed by atoms with Gasteiger partial charge < -0.3 is 9.67 Å². The van der Waals surface area contributed by atoms with Gasteiger partial charge in [0.05, 0.1) is 12.4 Å². The molecule has 0 radical (unpaired) electrons. The standard InChI is InChI=1S/C13H15ClN2O/c14-12-3-1-11(2-4-12)9-13(17)5-7-16-8-6-15-10-16/h1-4,6,8,10,13,17H,5,7,9H2. The Balaban J connectivity index is 1.80. The van der Waals surface area contributed by atoms with Crippen LogP contribution in [0.15, 0.2) is 43.0 Å². The van der Waals surface area contributed by atoms with Gasteiger partial charge in [0.1, 0.15) is 0 Å². The number of aryl methyl sites for hydroxylation is 1. The second-order valence-electron chi connectivity index (χ2n) is 4.07. The van der Waals surface area contributed by atoms with Crippen molar-refractivity contribution >= 4 is 11.6 Å². The van der Waals surface area contributed by atoms with E-state index in [1.807, 2.05) is 35.0 Å². The van der Waals surface area contributed by atoms with Crippen LogP contribution >= 0.6 is 11.6 Å². The minimum absolute atomic E-state index is 0.335. The van der Waals surface area contributed by atoms with E-state index in [2.05, 4.69) is 4.98 Å². The van der Waals surface area contributed by atoms with Crippen LogP contribution in [0.2, 0.25) is 5.02 Å². The molecule has 0 aliphatic rings. The van der Waals surface area contributed by atoms with Gasteiger partial charge in [-0.15, -0.1) is 0 Å². The summed E-state index contributed by atoms with van der Waals surface area (Å²) in [6.07, 6.45) is 6.44. The van der Waals surface area contributed by atoms with Crippen molar-refractivity contribution in [3.05, 3.63) is 53.6 Å². The van der Waals surface area contributed by atoms with Crippen molar-refractivity contribution in [2.75, 3.05) is 0 Å². The highest BCUT2D eigenvalue weighted by Crippen LogP contribution is 2.12. The highest BCUT2D eigenvalue weighted by atomic mass is 35.5. The van der Waals surface area contributed by atoms with Gasteiger partial charge in [-0.2, -0.15) is 0 Å². The molecule has 2 aromatic rings. The van der Waals surface area contributed by atoms with Crippen molar-refractivity contribution < 1.29 is 5.11 Å². The highest BCUT2D eigenvalue weighted by Gasteiger charge is 2.05. The molecule has 0 saturated heterocycles. The summed E-state index contributed by atoms with van der Waals surface area (Å²) in [4.78, 5) is 3.96. The van der Waals surface area contributed by atoms with Crippen LogP contribution in [0, 0.1) is 0 Å². The Hall–Kier alpha value is -1.32. The van der Waals surface area contributed by atoms with E-state index in [0.717, 1.165) is 23.6 Å². The van der Waals surface area contributed by atoms with Gasteiger partial charge in [-0.25, -0.2) is 4.98 Å². The molecular formula is C13H15ClN2O. The molecule has 1 atom stereocenters. The number of benzene rings is 1.